The van der Waals surface area contributed by atoms with E-state index in [0.717, 1.165) is 38.8 Å². The lowest BCUT2D eigenvalue weighted by Gasteiger charge is -2.12. The van der Waals surface area contributed by atoms with Crippen molar-refractivity contribution < 1.29 is 0 Å². The molecule has 1 aromatic carbocycles. The Hall–Kier alpha value is -3.54. The van der Waals surface area contributed by atoms with Gasteiger partial charge in [-0.2, -0.15) is 5.10 Å². The predicted octanol–water partition coefficient (Wildman–Crippen LogP) is 4.69. The van der Waals surface area contributed by atoms with E-state index in [1.807, 2.05) is 23.0 Å². The van der Waals surface area contributed by atoms with Gasteiger partial charge in [0.25, 0.3) is 0 Å². The molecular formula is C21H18N6. The Kier molecular flexibility index (Phi) is 3.50. The van der Waals surface area contributed by atoms with Crippen LogP contribution in [0, 0.1) is 0 Å². The van der Waals surface area contributed by atoms with Crippen LogP contribution in [0.1, 0.15) is 25.3 Å². The molecule has 27 heavy (non-hydrogen) atoms. The summed E-state index contributed by atoms with van der Waals surface area (Å²) in [5.74, 6) is 0.462. The normalized spacial score (nSPS) is 11.7. The monoisotopic (exact) mass is 354 g/mol. The topological polar surface area (TPSA) is 68.0 Å². The van der Waals surface area contributed by atoms with Crippen LogP contribution in [0.25, 0.3) is 27.5 Å². The Balaban J connectivity index is 1.79. The fourth-order valence-electron chi connectivity index (χ4n) is 3.34. The molecule has 0 aliphatic carbocycles. The van der Waals surface area contributed by atoms with Crippen molar-refractivity contribution in [1.82, 2.24) is 24.6 Å². The molecule has 0 aliphatic heterocycles. The second kappa shape index (κ2) is 6.02. The Morgan fingerprint density at radius 1 is 1.00 bits per heavy atom. The van der Waals surface area contributed by atoms with Crippen LogP contribution >= 0.6 is 0 Å². The third-order valence-corrected chi connectivity index (χ3v) is 4.77. The van der Waals surface area contributed by atoms with Gasteiger partial charge in [-0.15, -0.1) is 0 Å². The van der Waals surface area contributed by atoms with E-state index in [9.17, 15) is 0 Å². The number of pyridine rings is 2. The molecule has 6 heteroatoms. The molecule has 0 bridgehead atoms. The molecule has 1 N–H and O–H groups in total. The number of rotatable bonds is 3. The van der Waals surface area contributed by atoms with Crippen LogP contribution in [0.2, 0.25) is 0 Å². The molecule has 0 spiro atoms. The zero-order valence-corrected chi connectivity index (χ0v) is 15.1. The Morgan fingerprint density at radius 3 is 2.78 bits per heavy atom. The van der Waals surface area contributed by atoms with E-state index in [-0.39, 0.29) is 0 Å². The van der Waals surface area contributed by atoms with Gasteiger partial charge >= 0.3 is 0 Å². The maximum atomic E-state index is 4.81. The molecule has 4 aromatic heterocycles. The maximum absolute atomic E-state index is 4.81. The van der Waals surface area contributed by atoms with Crippen molar-refractivity contribution in [2.75, 3.05) is 5.32 Å². The van der Waals surface area contributed by atoms with Crippen LogP contribution in [0.4, 0.5) is 11.4 Å². The fraction of sp³-hybridized carbons (Fsp3) is 0.143. The number of hydrogen-bond donors (Lipinski definition) is 1. The Bertz CT molecular complexity index is 1290. The summed E-state index contributed by atoms with van der Waals surface area (Å²) in [5, 5.41) is 9.25. The second-order valence-electron chi connectivity index (χ2n) is 6.89. The summed E-state index contributed by atoms with van der Waals surface area (Å²) in [6.45, 7) is 4.39. The zero-order chi connectivity index (χ0) is 18.4. The highest BCUT2D eigenvalue weighted by atomic mass is 15.2. The third-order valence-electron chi connectivity index (χ3n) is 4.77. The van der Waals surface area contributed by atoms with Gasteiger partial charge in [0, 0.05) is 35.9 Å². The van der Waals surface area contributed by atoms with Crippen LogP contribution in [-0.4, -0.2) is 24.6 Å². The van der Waals surface area contributed by atoms with Gasteiger partial charge in [-0.05, 0) is 29.7 Å². The van der Waals surface area contributed by atoms with Crippen LogP contribution in [0.15, 0.2) is 61.3 Å². The van der Waals surface area contributed by atoms with Gasteiger partial charge in [-0.25, -0.2) is 9.50 Å². The Morgan fingerprint density at radius 2 is 1.89 bits per heavy atom. The smallest absolute Gasteiger partial charge is 0.136 e. The van der Waals surface area contributed by atoms with Gasteiger partial charge in [-0.3, -0.25) is 9.97 Å². The van der Waals surface area contributed by atoms with Crippen molar-refractivity contribution in [2.45, 2.75) is 19.8 Å². The van der Waals surface area contributed by atoms with Gasteiger partial charge in [0.15, 0.2) is 0 Å². The molecular weight excluding hydrogens is 336 g/mol. The molecule has 0 unspecified atom stereocenters. The first-order valence-electron chi connectivity index (χ1n) is 8.93. The molecule has 0 aliphatic rings. The van der Waals surface area contributed by atoms with Crippen molar-refractivity contribution >= 4 is 38.8 Å². The minimum absolute atomic E-state index is 0.462. The summed E-state index contributed by atoms with van der Waals surface area (Å²) < 4.78 is 1.81. The summed E-state index contributed by atoms with van der Waals surface area (Å²) in [4.78, 5) is 13.3. The van der Waals surface area contributed by atoms with E-state index in [2.05, 4.69) is 53.4 Å². The van der Waals surface area contributed by atoms with Gasteiger partial charge in [0.2, 0.25) is 0 Å². The molecule has 4 heterocycles. The minimum Gasteiger partial charge on any atom is -0.353 e. The number of aromatic nitrogens is 5. The van der Waals surface area contributed by atoms with E-state index in [4.69, 9.17) is 10.1 Å². The molecule has 5 rings (SSSR count). The second-order valence-corrected chi connectivity index (χ2v) is 6.89. The largest absolute Gasteiger partial charge is 0.353 e. The molecule has 6 nitrogen and oxygen atoms in total. The lowest BCUT2D eigenvalue weighted by molar-refractivity contribution is 0.867. The van der Waals surface area contributed by atoms with Crippen molar-refractivity contribution in [3.8, 4) is 0 Å². The van der Waals surface area contributed by atoms with E-state index in [1.165, 1.54) is 5.56 Å². The van der Waals surface area contributed by atoms with E-state index < -0.39 is 0 Å². The molecule has 0 saturated heterocycles. The van der Waals surface area contributed by atoms with Crippen LogP contribution in [0.3, 0.4) is 0 Å². The van der Waals surface area contributed by atoms with Gasteiger partial charge in [0.1, 0.15) is 16.6 Å². The molecule has 0 amide bonds. The van der Waals surface area contributed by atoms with Crippen LogP contribution < -0.4 is 5.32 Å². The maximum Gasteiger partial charge on any atom is 0.136 e. The first-order chi connectivity index (χ1) is 13.2. The molecule has 0 atom stereocenters. The predicted molar refractivity (Wildman–Crippen MR) is 107 cm³/mol. The summed E-state index contributed by atoms with van der Waals surface area (Å²) in [6.07, 6.45) is 8.94. The highest BCUT2D eigenvalue weighted by Crippen LogP contribution is 2.34. The summed E-state index contributed by atoms with van der Waals surface area (Å²) in [7, 11) is 0. The third kappa shape index (κ3) is 2.57. The van der Waals surface area contributed by atoms with Gasteiger partial charge in [-0.1, -0.05) is 26.0 Å². The summed E-state index contributed by atoms with van der Waals surface area (Å²) in [6, 6.07) is 10.4. The van der Waals surface area contributed by atoms with Gasteiger partial charge < -0.3 is 5.32 Å². The highest BCUT2D eigenvalue weighted by molar-refractivity contribution is 6.10. The average molecular weight is 354 g/mol. The van der Waals surface area contributed by atoms with E-state index >= 15 is 0 Å². The lowest BCUT2D eigenvalue weighted by Crippen LogP contribution is -1.97. The van der Waals surface area contributed by atoms with Gasteiger partial charge in [0.05, 0.1) is 17.4 Å². The lowest BCUT2D eigenvalue weighted by atomic mass is 10.0. The number of nitrogens with one attached hydrogen (secondary N) is 1. The van der Waals surface area contributed by atoms with Crippen LogP contribution in [0.5, 0.6) is 0 Å². The molecule has 0 saturated carbocycles. The van der Waals surface area contributed by atoms with Crippen molar-refractivity contribution in [2.24, 2.45) is 0 Å². The SMILES string of the molecule is CC(C)c1cccc(Nc2c3cnccc3nc3c2nn2ccncc32)c1. The number of nitrogens with zero attached hydrogens (tertiary/aromatic N) is 5. The molecule has 0 radical (unpaired) electrons. The number of fused-ring (bicyclic) bond motifs is 4. The number of hydrogen-bond acceptors (Lipinski definition) is 5. The standard InChI is InChI=1S/C21H18N6/c1-13(2)14-4-3-5-15(10-14)24-19-16-11-22-7-6-17(16)25-20-18-12-23-8-9-27(18)26-21(19)20/h3-13,24H,1-2H3. The van der Waals surface area contributed by atoms with E-state index in [0.29, 0.717) is 5.92 Å². The summed E-state index contributed by atoms with van der Waals surface area (Å²) in [5.41, 5.74) is 6.60. The van der Waals surface area contributed by atoms with Crippen LogP contribution in [-0.2, 0) is 0 Å². The first kappa shape index (κ1) is 15.7. The van der Waals surface area contributed by atoms with Crippen molar-refractivity contribution in [3.63, 3.8) is 0 Å². The Labute approximate surface area is 155 Å². The van der Waals surface area contributed by atoms with Crippen molar-refractivity contribution in [1.29, 1.82) is 0 Å². The average Bonchev–Trinajstić information content (AvgIpc) is 3.07. The quantitative estimate of drug-likeness (QED) is 0.509. The number of benzene rings is 1. The minimum atomic E-state index is 0.462. The zero-order valence-electron chi connectivity index (χ0n) is 15.1. The summed E-state index contributed by atoms with van der Waals surface area (Å²) >= 11 is 0. The molecule has 5 aromatic rings. The fourth-order valence-corrected chi connectivity index (χ4v) is 3.34. The molecule has 0 fully saturated rings. The highest BCUT2D eigenvalue weighted by Gasteiger charge is 2.16. The number of anilines is 2. The molecule has 132 valence electrons. The van der Waals surface area contributed by atoms with E-state index in [1.54, 1.807) is 18.6 Å². The van der Waals surface area contributed by atoms with Crippen molar-refractivity contribution in [3.05, 3.63) is 66.9 Å². The first-order valence-corrected chi connectivity index (χ1v) is 8.93.